The lowest BCUT2D eigenvalue weighted by Gasteiger charge is -2.33. The van der Waals surface area contributed by atoms with Crippen LogP contribution in [0.3, 0.4) is 0 Å². The highest BCUT2D eigenvalue weighted by Gasteiger charge is 2.33. The molecule has 0 atom stereocenters. The molecule has 0 N–H and O–H groups in total. The third-order valence-corrected chi connectivity index (χ3v) is 8.15. The molecule has 4 rings (SSSR count). The molecule has 1 aromatic rings. The molecule has 6 heteroatoms. The number of benzene rings is 1. The Hall–Kier alpha value is -1.27. The van der Waals surface area contributed by atoms with Gasteiger partial charge in [-0.05, 0) is 102 Å². The van der Waals surface area contributed by atoms with Crippen molar-refractivity contribution in [3.8, 4) is 5.75 Å². The monoisotopic (exact) mass is 519 g/mol. The minimum absolute atomic E-state index is 0.197. The van der Waals surface area contributed by atoms with E-state index in [1.54, 1.807) is 0 Å². The van der Waals surface area contributed by atoms with Crippen LogP contribution in [-0.2, 0) is 0 Å². The summed E-state index contributed by atoms with van der Waals surface area (Å²) in [5, 5.41) is 0. The Kier molecular flexibility index (Phi) is 8.98. The van der Waals surface area contributed by atoms with E-state index in [0.717, 1.165) is 55.9 Å². The standard InChI is InChI=1S/C27H42BrN3O2/c1-21(2)33-26-11-10-23(28)20-25(26)22-12-16-29(17-13-22)14-6-7-15-30-18-19-31(27(30)32)24-8-4-3-5-9-24/h10-11,20-22,24H,3-9,12-19H2,1-2H3. The molecule has 1 saturated carbocycles. The maximum atomic E-state index is 12.8. The van der Waals surface area contributed by atoms with E-state index in [0.29, 0.717) is 18.0 Å². The predicted octanol–water partition coefficient (Wildman–Crippen LogP) is 6.27. The van der Waals surface area contributed by atoms with Gasteiger partial charge in [0.2, 0.25) is 0 Å². The topological polar surface area (TPSA) is 36.0 Å². The molecule has 1 aromatic carbocycles. The molecule has 0 unspecified atom stereocenters. The van der Waals surface area contributed by atoms with Gasteiger partial charge in [0.1, 0.15) is 5.75 Å². The number of amides is 2. The number of carbonyl (C=O) groups is 1. The minimum atomic E-state index is 0.197. The van der Waals surface area contributed by atoms with Crippen molar-refractivity contribution in [1.29, 1.82) is 0 Å². The fraction of sp³-hybridized carbons (Fsp3) is 0.741. The van der Waals surface area contributed by atoms with Crippen molar-refractivity contribution in [3.63, 3.8) is 0 Å². The van der Waals surface area contributed by atoms with Gasteiger partial charge in [-0.25, -0.2) is 4.79 Å². The Morgan fingerprint density at radius 1 is 0.970 bits per heavy atom. The molecule has 2 heterocycles. The number of urea groups is 1. The van der Waals surface area contributed by atoms with Crippen LogP contribution in [0, 0.1) is 0 Å². The van der Waals surface area contributed by atoms with Crippen molar-refractivity contribution < 1.29 is 9.53 Å². The smallest absolute Gasteiger partial charge is 0.320 e. The largest absolute Gasteiger partial charge is 0.491 e. The van der Waals surface area contributed by atoms with E-state index in [9.17, 15) is 4.79 Å². The Balaban J connectivity index is 1.17. The van der Waals surface area contributed by atoms with Crippen LogP contribution >= 0.6 is 15.9 Å². The number of piperidine rings is 1. The molecule has 0 spiro atoms. The first-order chi connectivity index (χ1) is 16.0. The van der Waals surface area contributed by atoms with Gasteiger partial charge in [-0.2, -0.15) is 0 Å². The van der Waals surface area contributed by atoms with Gasteiger partial charge in [0.05, 0.1) is 6.10 Å². The van der Waals surface area contributed by atoms with Crippen LogP contribution in [0.25, 0.3) is 0 Å². The van der Waals surface area contributed by atoms with Crippen LogP contribution < -0.4 is 4.74 Å². The summed E-state index contributed by atoms with van der Waals surface area (Å²) >= 11 is 3.64. The maximum Gasteiger partial charge on any atom is 0.320 e. The number of unbranched alkanes of at least 4 members (excludes halogenated alkanes) is 1. The van der Waals surface area contributed by atoms with Crippen molar-refractivity contribution >= 4 is 22.0 Å². The van der Waals surface area contributed by atoms with Crippen molar-refractivity contribution in [2.75, 3.05) is 39.3 Å². The summed E-state index contributed by atoms with van der Waals surface area (Å²) in [7, 11) is 0. The number of hydrogen-bond acceptors (Lipinski definition) is 3. The molecule has 184 valence electrons. The molecule has 0 radical (unpaired) electrons. The van der Waals surface area contributed by atoms with Gasteiger partial charge in [-0.15, -0.1) is 0 Å². The quantitative estimate of drug-likeness (QED) is 0.361. The molecular weight excluding hydrogens is 478 g/mol. The highest BCUT2D eigenvalue weighted by Crippen LogP contribution is 2.36. The Morgan fingerprint density at radius 3 is 2.42 bits per heavy atom. The van der Waals surface area contributed by atoms with Crippen LogP contribution in [0.1, 0.15) is 83.1 Å². The summed E-state index contributed by atoms with van der Waals surface area (Å²) in [6.07, 6.45) is 11.2. The van der Waals surface area contributed by atoms with E-state index in [1.165, 1.54) is 56.9 Å². The van der Waals surface area contributed by atoms with Gasteiger partial charge in [-0.1, -0.05) is 35.2 Å². The third kappa shape index (κ3) is 6.66. The predicted molar refractivity (Wildman–Crippen MR) is 138 cm³/mol. The SMILES string of the molecule is CC(C)Oc1ccc(Br)cc1C1CCN(CCCCN2CCN(C3CCCCC3)C2=O)CC1. The Labute approximate surface area is 208 Å². The van der Waals surface area contributed by atoms with Crippen molar-refractivity contribution in [2.24, 2.45) is 0 Å². The van der Waals surface area contributed by atoms with E-state index in [-0.39, 0.29) is 6.10 Å². The molecule has 0 bridgehead atoms. The molecule has 33 heavy (non-hydrogen) atoms. The fourth-order valence-electron chi connectivity index (χ4n) is 5.85. The number of halogens is 1. The van der Waals surface area contributed by atoms with Crippen LogP contribution in [-0.4, -0.2) is 72.1 Å². The average Bonchev–Trinajstić information content (AvgIpc) is 3.19. The highest BCUT2D eigenvalue weighted by molar-refractivity contribution is 9.10. The van der Waals surface area contributed by atoms with E-state index in [4.69, 9.17) is 4.74 Å². The number of nitrogens with zero attached hydrogens (tertiary/aromatic N) is 3. The Morgan fingerprint density at radius 2 is 1.70 bits per heavy atom. The summed E-state index contributed by atoms with van der Waals surface area (Å²) in [6, 6.07) is 7.25. The second-order valence-corrected chi connectivity index (χ2v) is 11.3. The van der Waals surface area contributed by atoms with Crippen molar-refractivity contribution in [2.45, 2.75) is 89.7 Å². The van der Waals surface area contributed by atoms with Gasteiger partial charge >= 0.3 is 6.03 Å². The van der Waals surface area contributed by atoms with E-state index < -0.39 is 0 Å². The average molecular weight is 521 g/mol. The van der Waals surface area contributed by atoms with E-state index in [1.807, 2.05) is 0 Å². The zero-order chi connectivity index (χ0) is 23.2. The number of likely N-dealkylation sites (tertiary alicyclic amines) is 1. The first-order valence-electron chi connectivity index (χ1n) is 13.3. The van der Waals surface area contributed by atoms with Crippen LogP contribution in [0.4, 0.5) is 4.79 Å². The van der Waals surface area contributed by atoms with Crippen LogP contribution in [0.15, 0.2) is 22.7 Å². The van der Waals surface area contributed by atoms with Crippen molar-refractivity contribution in [3.05, 3.63) is 28.2 Å². The molecule has 3 aliphatic rings. The lowest BCUT2D eigenvalue weighted by atomic mass is 9.88. The highest BCUT2D eigenvalue weighted by atomic mass is 79.9. The Bertz CT molecular complexity index is 773. The number of ether oxygens (including phenoxy) is 1. The molecule has 5 nitrogen and oxygen atoms in total. The van der Waals surface area contributed by atoms with Gasteiger partial charge in [0.15, 0.2) is 0 Å². The van der Waals surface area contributed by atoms with Crippen LogP contribution in [0.2, 0.25) is 0 Å². The lowest BCUT2D eigenvalue weighted by Crippen LogP contribution is -2.40. The number of rotatable bonds is 9. The molecule has 3 fully saturated rings. The zero-order valence-corrected chi connectivity index (χ0v) is 22.2. The molecule has 2 amide bonds. The first-order valence-corrected chi connectivity index (χ1v) is 14.0. The fourth-order valence-corrected chi connectivity index (χ4v) is 6.22. The second-order valence-electron chi connectivity index (χ2n) is 10.4. The molecule has 2 aliphatic heterocycles. The summed E-state index contributed by atoms with van der Waals surface area (Å²) in [5.41, 5.74) is 1.35. The third-order valence-electron chi connectivity index (χ3n) is 7.66. The minimum Gasteiger partial charge on any atom is -0.491 e. The number of hydrogen-bond donors (Lipinski definition) is 0. The molecule has 1 aliphatic carbocycles. The summed E-state index contributed by atoms with van der Waals surface area (Å²) in [4.78, 5) is 19.7. The van der Waals surface area contributed by atoms with Crippen LogP contribution in [0.5, 0.6) is 5.75 Å². The van der Waals surface area contributed by atoms with Gasteiger partial charge < -0.3 is 19.4 Å². The maximum absolute atomic E-state index is 12.8. The van der Waals surface area contributed by atoms with Crippen molar-refractivity contribution in [1.82, 2.24) is 14.7 Å². The van der Waals surface area contributed by atoms with Gasteiger partial charge in [-0.3, -0.25) is 0 Å². The first kappa shape index (κ1) is 24.8. The number of carbonyl (C=O) groups excluding carboxylic acids is 1. The second kappa shape index (κ2) is 11.9. The van der Waals surface area contributed by atoms with Gasteiger partial charge in [0, 0.05) is 30.1 Å². The zero-order valence-electron chi connectivity index (χ0n) is 20.6. The summed E-state index contributed by atoms with van der Waals surface area (Å²) < 4.78 is 7.23. The molecular formula is C27H42BrN3O2. The molecule has 0 aromatic heterocycles. The van der Waals surface area contributed by atoms with E-state index >= 15 is 0 Å². The van der Waals surface area contributed by atoms with E-state index in [2.05, 4.69) is 62.7 Å². The molecule has 2 saturated heterocycles. The summed E-state index contributed by atoms with van der Waals surface area (Å²) in [5.74, 6) is 1.62. The normalized spacial score (nSPS) is 21.4. The summed E-state index contributed by atoms with van der Waals surface area (Å²) in [6.45, 7) is 10.4. The lowest BCUT2D eigenvalue weighted by molar-refractivity contribution is 0.161. The van der Waals surface area contributed by atoms with Gasteiger partial charge in [0.25, 0.3) is 0 Å².